The summed E-state index contributed by atoms with van der Waals surface area (Å²) in [6.45, 7) is 1.45. The zero-order chi connectivity index (χ0) is 18.5. The number of aromatic nitrogens is 1. The van der Waals surface area contributed by atoms with E-state index in [0.717, 1.165) is 25.1 Å². The maximum atomic E-state index is 12.7. The maximum absolute atomic E-state index is 12.7. The molecule has 1 fully saturated rings. The molecule has 1 aliphatic heterocycles. The van der Waals surface area contributed by atoms with E-state index in [4.69, 9.17) is 5.73 Å². The van der Waals surface area contributed by atoms with Gasteiger partial charge in [0.15, 0.2) is 11.7 Å². The molecule has 3 rings (SSSR count). The van der Waals surface area contributed by atoms with Gasteiger partial charge in [0.05, 0.1) is 17.7 Å². The first kappa shape index (κ1) is 17.6. The fourth-order valence-corrected chi connectivity index (χ4v) is 3.25. The fourth-order valence-electron chi connectivity index (χ4n) is 3.25. The van der Waals surface area contributed by atoms with E-state index >= 15 is 0 Å². The number of primary amides is 1. The van der Waals surface area contributed by atoms with Gasteiger partial charge in [-0.1, -0.05) is 6.07 Å². The third kappa shape index (κ3) is 3.72. The van der Waals surface area contributed by atoms with Crippen molar-refractivity contribution < 1.29 is 9.59 Å². The molecule has 0 bridgehead atoms. The number of carbonyl (C=O) groups excluding carboxylic acids is 2. The number of pyridine rings is 1. The van der Waals surface area contributed by atoms with Crippen molar-refractivity contribution in [3.63, 3.8) is 0 Å². The van der Waals surface area contributed by atoms with Gasteiger partial charge in [-0.05, 0) is 49.2 Å². The Balaban J connectivity index is 1.76. The highest BCUT2D eigenvalue weighted by Crippen LogP contribution is 2.25. The van der Waals surface area contributed by atoms with Crippen molar-refractivity contribution in [2.45, 2.75) is 18.8 Å². The van der Waals surface area contributed by atoms with Crippen molar-refractivity contribution in [1.82, 2.24) is 4.98 Å². The van der Waals surface area contributed by atoms with E-state index in [1.165, 1.54) is 0 Å². The molecule has 2 atom stereocenters. The lowest BCUT2D eigenvalue weighted by molar-refractivity contribution is -0.122. The predicted molar refractivity (Wildman–Crippen MR) is 97.5 cm³/mol. The minimum Gasteiger partial charge on any atom is -0.371 e. The summed E-state index contributed by atoms with van der Waals surface area (Å²) < 4.78 is 0. The number of hydrogen-bond acceptors (Lipinski definition) is 5. The monoisotopic (exact) mass is 348 g/mol. The lowest BCUT2D eigenvalue weighted by atomic mass is 9.94. The Bertz CT molecular complexity index is 827. The van der Waals surface area contributed by atoms with E-state index in [1.54, 1.807) is 36.5 Å². The molecule has 6 heteroatoms. The van der Waals surface area contributed by atoms with Gasteiger partial charge in [0.2, 0.25) is 5.91 Å². The van der Waals surface area contributed by atoms with E-state index < -0.39 is 5.92 Å². The van der Waals surface area contributed by atoms with Crippen LogP contribution in [0.25, 0.3) is 0 Å². The molecular formula is C20H20N4O2. The van der Waals surface area contributed by atoms with Crippen LogP contribution in [0.4, 0.5) is 5.69 Å². The summed E-state index contributed by atoms with van der Waals surface area (Å²) in [6, 6.07) is 14.4. The van der Waals surface area contributed by atoms with E-state index in [2.05, 4.69) is 9.88 Å². The van der Waals surface area contributed by atoms with Gasteiger partial charge in [0.1, 0.15) is 0 Å². The molecule has 132 valence electrons. The van der Waals surface area contributed by atoms with Gasteiger partial charge in [-0.3, -0.25) is 14.6 Å². The standard InChI is InChI=1S/C20H20N4O2/c21-12-17(18-5-1-2-10-23-18)19(25)14-6-8-16(9-7-14)24-11-3-4-15(13-24)20(22)26/h1-2,5-10,15,17H,3-4,11,13H2,(H2,22,26)/t15-,17-/m0/s1. The molecule has 0 radical (unpaired) electrons. The lowest BCUT2D eigenvalue weighted by Crippen LogP contribution is -2.41. The van der Waals surface area contributed by atoms with Crippen LogP contribution in [0.2, 0.25) is 0 Å². The number of hydrogen-bond donors (Lipinski definition) is 1. The summed E-state index contributed by atoms with van der Waals surface area (Å²) in [7, 11) is 0. The highest BCUT2D eigenvalue weighted by Gasteiger charge is 2.25. The first-order valence-corrected chi connectivity index (χ1v) is 8.59. The van der Waals surface area contributed by atoms with Crippen molar-refractivity contribution in [1.29, 1.82) is 5.26 Å². The van der Waals surface area contributed by atoms with Gasteiger partial charge >= 0.3 is 0 Å². The van der Waals surface area contributed by atoms with Crippen LogP contribution in [-0.4, -0.2) is 29.8 Å². The summed E-state index contributed by atoms with van der Waals surface area (Å²) in [4.78, 5) is 30.3. The summed E-state index contributed by atoms with van der Waals surface area (Å²) >= 11 is 0. The van der Waals surface area contributed by atoms with E-state index in [-0.39, 0.29) is 17.6 Å². The average Bonchev–Trinajstić information content (AvgIpc) is 2.69. The van der Waals surface area contributed by atoms with E-state index in [1.807, 2.05) is 18.2 Å². The Labute approximate surface area is 152 Å². The highest BCUT2D eigenvalue weighted by molar-refractivity contribution is 6.02. The third-order valence-electron chi connectivity index (χ3n) is 4.72. The van der Waals surface area contributed by atoms with Gasteiger partial charge < -0.3 is 10.6 Å². The number of anilines is 1. The molecule has 1 saturated heterocycles. The number of carbonyl (C=O) groups is 2. The molecule has 1 aromatic heterocycles. The molecular weight excluding hydrogens is 328 g/mol. The number of amides is 1. The van der Waals surface area contributed by atoms with Crippen LogP contribution in [0.15, 0.2) is 48.7 Å². The Morgan fingerprint density at radius 1 is 1.23 bits per heavy atom. The molecule has 0 saturated carbocycles. The molecule has 0 unspecified atom stereocenters. The Hall–Kier alpha value is -3.20. The lowest BCUT2D eigenvalue weighted by Gasteiger charge is -2.33. The van der Waals surface area contributed by atoms with Crippen molar-refractivity contribution in [2.75, 3.05) is 18.0 Å². The Morgan fingerprint density at radius 3 is 2.62 bits per heavy atom. The van der Waals surface area contributed by atoms with Crippen LogP contribution in [0.3, 0.4) is 0 Å². The fraction of sp³-hybridized carbons (Fsp3) is 0.300. The SMILES string of the molecule is N#C[C@H](C(=O)c1ccc(N2CCC[C@H](C(N)=O)C2)cc1)c1ccccn1. The van der Waals surface area contributed by atoms with Crippen molar-refractivity contribution in [3.8, 4) is 6.07 Å². The van der Waals surface area contributed by atoms with Crippen LogP contribution >= 0.6 is 0 Å². The van der Waals surface area contributed by atoms with Gasteiger partial charge in [-0.25, -0.2) is 0 Å². The van der Waals surface area contributed by atoms with Crippen molar-refractivity contribution in [2.24, 2.45) is 11.7 Å². The minimum atomic E-state index is -0.920. The smallest absolute Gasteiger partial charge is 0.222 e. The highest BCUT2D eigenvalue weighted by atomic mass is 16.1. The summed E-state index contributed by atoms with van der Waals surface area (Å²) in [5.74, 6) is -1.60. The molecule has 0 spiro atoms. The van der Waals surface area contributed by atoms with Gasteiger partial charge in [0.25, 0.3) is 0 Å². The second-order valence-electron chi connectivity index (χ2n) is 6.42. The number of nitrogens with zero attached hydrogens (tertiary/aromatic N) is 3. The molecule has 1 aliphatic rings. The van der Waals surface area contributed by atoms with Crippen molar-refractivity contribution in [3.05, 3.63) is 59.9 Å². The molecule has 0 aliphatic carbocycles. The third-order valence-corrected chi connectivity index (χ3v) is 4.72. The molecule has 2 aromatic rings. The van der Waals surface area contributed by atoms with Crippen LogP contribution in [0.5, 0.6) is 0 Å². The number of benzene rings is 1. The normalized spacial score (nSPS) is 18.0. The molecule has 26 heavy (non-hydrogen) atoms. The molecule has 2 heterocycles. The molecule has 6 nitrogen and oxygen atoms in total. The molecule has 1 amide bonds. The second-order valence-corrected chi connectivity index (χ2v) is 6.42. The van der Waals surface area contributed by atoms with Crippen molar-refractivity contribution >= 4 is 17.4 Å². The Morgan fingerprint density at radius 2 is 2.00 bits per heavy atom. The second kappa shape index (κ2) is 7.79. The zero-order valence-electron chi connectivity index (χ0n) is 14.3. The average molecular weight is 348 g/mol. The largest absolute Gasteiger partial charge is 0.371 e. The van der Waals surface area contributed by atoms with E-state index in [9.17, 15) is 14.9 Å². The number of nitrogens with two attached hydrogens (primary N) is 1. The summed E-state index contributed by atoms with van der Waals surface area (Å²) in [6.07, 6.45) is 3.29. The van der Waals surface area contributed by atoms with Crippen LogP contribution in [0, 0.1) is 17.2 Å². The number of nitriles is 1. The zero-order valence-corrected chi connectivity index (χ0v) is 14.3. The number of piperidine rings is 1. The first-order valence-electron chi connectivity index (χ1n) is 8.59. The van der Waals surface area contributed by atoms with Gasteiger partial charge in [0, 0.05) is 30.5 Å². The minimum absolute atomic E-state index is 0.141. The van der Waals surface area contributed by atoms with Crippen LogP contribution in [-0.2, 0) is 4.79 Å². The topological polar surface area (TPSA) is 100 Å². The first-order chi connectivity index (χ1) is 12.6. The van der Waals surface area contributed by atoms with E-state index in [0.29, 0.717) is 17.8 Å². The predicted octanol–water partition coefficient (Wildman–Crippen LogP) is 2.27. The van der Waals surface area contributed by atoms with Gasteiger partial charge in [-0.2, -0.15) is 5.26 Å². The summed E-state index contributed by atoms with van der Waals surface area (Å²) in [5, 5.41) is 9.39. The number of rotatable bonds is 5. The molecule has 2 N–H and O–H groups in total. The summed E-state index contributed by atoms with van der Waals surface area (Å²) in [5.41, 5.74) is 7.29. The van der Waals surface area contributed by atoms with Gasteiger partial charge in [-0.15, -0.1) is 0 Å². The van der Waals surface area contributed by atoms with Crippen LogP contribution < -0.4 is 10.6 Å². The number of ketones is 1. The quantitative estimate of drug-likeness (QED) is 0.836. The maximum Gasteiger partial charge on any atom is 0.222 e. The number of Topliss-reactive ketones (excluding diaryl/α,β-unsaturated/α-hetero) is 1. The van der Waals surface area contributed by atoms with Crippen LogP contribution in [0.1, 0.15) is 34.8 Å². The Kier molecular flexibility index (Phi) is 5.28. The molecule has 1 aromatic carbocycles.